The van der Waals surface area contributed by atoms with Gasteiger partial charge in [-0.15, -0.1) is 0 Å². The Balaban J connectivity index is 2.65. The summed E-state index contributed by atoms with van der Waals surface area (Å²) in [5.74, 6) is -0.512. The maximum absolute atomic E-state index is 11.8. The number of halogens is 1. The number of carbonyl (C=O) groups is 2. The average Bonchev–Trinajstić information content (AvgIpc) is 2.31. The van der Waals surface area contributed by atoms with Gasteiger partial charge in [-0.1, -0.05) is 11.6 Å². The van der Waals surface area contributed by atoms with Crippen LogP contribution in [0.2, 0.25) is 5.15 Å². The third-order valence-electron chi connectivity index (χ3n) is 2.22. The van der Waals surface area contributed by atoms with Crippen LogP contribution in [0.4, 0.5) is 10.5 Å². The first-order valence-electron chi connectivity index (χ1n) is 5.73. The number of anilines is 1. The number of nitrogens with zero attached hydrogens (tertiary/aromatic N) is 1. The summed E-state index contributed by atoms with van der Waals surface area (Å²) in [4.78, 5) is 27.2. The van der Waals surface area contributed by atoms with Crippen molar-refractivity contribution in [3.8, 4) is 0 Å². The lowest BCUT2D eigenvalue weighted by Crippen LogP contribution is -2.52. The van der Waals surface area contributed by atoms with Gasteiger partial charge in [-0.25, -0.2) is 14.6 Å². The summed E-state index contributed by atoms with van der Waals surface area (Å²) in [6.07, 6.45) is 1.51. The fraction of sp³-hybridized carbons (Fsp3) is 0.417. The highest BCUT2D eigenvalue weighted by Crippen LogP contribution is 2.17. The zero-order valence-electron chi connectivity index (χ0n) is 11.0. The Morgan fingerprint density at radius 3 is 2.74 bits per heavy atom. The van der Waals surface area contributed by atoms with Crippen LogP contribution in [0.25, 0.3) is 0 Å². The number of nitrogens with one attached hydrogen (secondary N) is 2. The molecule has 0 spiro atoms. The molecule has 1 heterocycles. The number of urea groups is 1. The van der Waals surface area contributed by atoms with Crippen LogP contribution in [-0.2, 0) is 9.53 Å². The minimum Gasteiger partial charge on any atom is -0.464 e. The number of esters is 1. The molecule has 104 valence electrons. The van der Waals surface area contributed by atoms with Gasteiger partial charge >= 0.3 is 12.0 Å². The van der Waals surface area contributed by atoms with Crippen LogP contribution in [0.5, 0.6) is 0 Å². The number of pyridine rings is 1. The molecule has 0 saturated heterocycles. The molecule has 0 saturated carbocycles. The van der Waals surface area contributed by atoms with Crippen molar-refractivity contribution in [3.63, 3.8) is 0 Å². The van der Waals surface area contributed by atoms with E-state index in [0.717, 1.165) is 0 Å². The van der Waals surface area contributed by atoms with Crippen LogP contribution in [0.1, 0.15) is 20.8 Å². The van der Waals surface area contributed by atoms with Crippen molar-refractivity contribution in [2.24, 2.45) is 0 Å². The fourth-order valence-corrected chi connectivity index (χ4v) is 1.45. The number of rotatable bonds is 4. The van der Waals surface area contributed by atoms with Crippen LogP contribution in [0, 0.1) is 0 Å². The van der Waals surface area contributed by atoms with Crippen LogP contribution in [0.15, 0.2) is 18.3 Å². The molecule has 7 heteroatoms. The predicted molar refractivity (Wildman–Crippen MR) is 72.1 cm³/mol. The van der Waals surface area contributed by atoms with Crippen molar-refractivity contribution >= 4 is 29.3 Å². The lowest BCUT2D eigenvalue weighted by Gasteiger charge is -2.23. The first kappa shape index (κ1) is 15.2. The second-order valence-corrected chi connectivity index (χ2v) is 4.62. The van der Waals surface area contributed by atoms with E-state index in [9.17, 15) is 9.59 Å². The molecule has 19 heavy (non-hydrogen) atoms. The molecule has 0 unspecified atom stereocenters. The first-order valence-corrected chi connectivity index (χ1v) is 6.11. The van der Waals surface area contributed by atoms with Gasteiger partial charge in [0.1, 0.15) is 5.54 Å². The Bertz CT molecular complexity index is 477. The molecule has 6 nitrogen and oxygen atoms in total. The lowest BCUT2D eigenvalue weighted by molar-refractivity contribution is -0.149. The summed E-state index contributed by atoms with van der Waals surface area (Å²) in [6.45, 7) is 5.05. The van der Waals surface area contributed by atoms with E-state index >= 15 is 0 Å². The lowest BCUT2D eigenvalue weighted by atomic mass is 10.1. The van der Waals surface area contributed by atoms with Gasteiger partial charge in [0.2, 0.25) is 0 Å². The third kappa shape index (κ3) is 4.40. The summed E-state index contributed by atoms with van der Waals surface area (Å²) >= 11 is 5.81. The number of amides is 2. The largest absolute Gasteiger partial charge is 0.464 e. The number of ether oxygens (including phenoxy) is 1. The summed E-state index contributed by atoms with van der Waals surface area (Å²) in [5, 5.41) is 5.19. The SMILES string of the molecule is CCOC(=O)C(C)(C)NC(=O)Nc1cccnc1Cl. The van der Waals surface area contributed by atoms with Crippen LogP contribution in [0.3, 0.4) is 0 Å². The van der Waals surface area contributed by atoms with E-state index in [0.29, 0.717) is 5.69 Å². The fourth-order valence-electron chi connectivity index (χ4n) is 1.28. The van der Waals surface area contributed by atoms with Gasteiger partial charge in [-0.3, -0.25) is 0 Å². The molecule has 0 bridgehead atoms. The van der Waals surface area contributed by atoms with Crippen LogP contribution in [-0.4, -0.2) is 29.1 Å². The Morgan fingerprint density at radius 1 is 1.47 bits per heavy atom. The number of aromatic nitrogens is 1. The van der Waals surface area contributed by atoms with E-state index in [1.165, 1.54) is 6.20 Å². The maximum atomic E-state index is 11.8. The standard InChI is InChI=1S/C12H16ClN3O3/c1-4-19-10(17)12(2,3)16-11(18)15-8-6-5-7-14-9(8)13/h5-7H,4H2,1-3H3,(H2,15,16,18). The molecular weight excluding hydrogens is 270 g/mol. The maximum Gasteiger partial charge on any atom is 0.331 e. The second-order valence-electron chi connectivity index (χ2n) is 4.27. The summed E-state index contributed by atoms with van der Waals surface area (Å²) in [6, 6.07) is 2.68. The van der Waals surface area contributed by atoms with Gasteiger partial charge in [0, 0.05) is 6.20 Å². The highest BCUT2D eigenvalue weighted by molar-refractivity contribution is 6.32. The highest BCUT2D eigenvalue weighted by atomic mass is 35.5. The predicted octanol–water partition coefficient (Wildman–Crippen LogP) is 2.20. The monoisotopic (exact) mass is 285 g/mol. The van der Waals surface area contributed by atoms with Crippen molar-refractivity contribution in [3.05, 3.63) is 23.5 Å². The Labute approximate surface area is 116 Å². The van der Waals surface area contributed by atoms with Gasteiger partial charge in [-0.2, -0.15) is 0 Å². The molecule has 0 aliphatic rings. The Kier molecular flexibility index (Phi) is 5.11. The van der Waals surface area contributed by atoms with Crippen molar-refractivity contribution < 1.29 is 14.3 Å². The smallest absolute Gasteiger partial charge is 0.331 e. The molecule has 0 atom stereocenters. The van der Waals surface area contributed by atoms with E-state index in [2.05, 4.69) is 15.6 Å². The van der Waals surface area contributed by atoms with E-state index < -0.39 is 17.5 Å². The highest BCUT2D eigenvalue weighted by Gasteiger charge is 2.31. The zero-order chi connectivity index (χ0) is 14.5. The third-order valence-corrected chi connectivity index (χ3v) is 2.52. The Morgan fingerprint density at radius 2 is 2.16 bits per heavy atom. The molecule has 0 radical (unpaired) electrons. The Hall–Kier alpha value is -1.82. The van der Waals surface area contributed by atoms with Crippen molar-refractivity contribution in [2.75, 3.05) is 11.9 Å². The number of carbonyl (C=O) groups excluding carboxylic acids is 2. The van der Waals surface area contributed by atoms with Gasteiger partial charge in [0.25, 0.3) is 0 Å². The van der Waals surface area contributed by atoms with Gasteiger partial charge < -0.3 is 15.4 Å². The molecular formula is C12H16ClN3O3. The van der Waals surface area contributed by atoms with Crippen LogP contribution < -0.4 is 10.6 Å². The normalized spacial score (nSPS) is 10.7. The molecule has 1 aromatic heterocycles. The van der Waals surface area contributed by atoms with Crippen LogP contribution >= 0.6 is 11.6 Å². The molecule has 2 amide bonds. The van der Waals surface area contributed by atoms with Gasteiger partial charge in [0.15, 0.2) is 5.15 Å². The number of hydrogen-bond donors (Lipinski definition) is 2. The van der Waals surface area contributed by atoms with E-state index in [4.69, 9.17) is 16.3 Å². The van der Waals surface area contributed by atoms with E-state index in [1.807, 2.05) is 0 Å². The van der Waals surface area contributed by atoms with Gasteiger partial charge in [0.05, 0.1) is 12.3 Å². The van der Waals surface area contributed by atoms with E-state index in [1.54, 1.807) is 32.9 Å². The minimum atomic E-state index is -1.13. The van der Waals surface area contributed by atoms with Crippen molar-refractivity contribution in [1.29, 1.82) is 0 Å². The molecule has 0 fully saturated rings. The molecule has 0 aliphatic carbocycles. The quantitative estimate of drug-likeness (QED) is 0.656. The van der Waals surface area contributed by atoms with E-state index in [-0.39, 0.29) is 11.8 Å². The molecule has 1 rings (SSSR count). The minimum absolute atomic E-state index is 0.173. The first-order chi connectivity index (χ1) is 8.86. The summed E-state index contributed by atoms with van der Waals surface area (Å²) < 4.78 is 4.86. The van der Waals surface area contributed by atoms with Gasteiger partial charge in [-0.05, 0) is 32.9 Å². The molecule has 2 N–H and O–H groups in total. The van der Waals surface area contributed by atoms with Crippen molar-refractivity contribution in [2.45, 2.75) is 26.3 Å². The molecule has 1 aromatic rings. The zero-order valence-corrected chi connectivity index (χ0v) is 11.7. The van der Waals surface area contributed by atoms with Crippen molar-refractivity contribution in [1.82, 2.24) is 10.3 Å². The summed E-state index contributed by atoms with van der Waals surface area (Å²) in [5.41, 5.74) is -0.768. The number of hydrogen-bond acceptors (Lipinski definition) is 4. The molecule has 0 aromatic carbocycles. The molecule has 0 aliphatic heterocycles. The second kappa shape index (κ2) is 6.38. The average molecular weight is 286 g/mol. The summed E-state index contributed by atoms with van der Waals surface area (Å²) in [7, 11) is 0. The topological polar surface area (TPSA) is 80.3 Å².